The van der Waals surface area contributed by atoms with E-state index in [4.69, 9.17) is 14.2 Å². The van der Waals surface area contributed by atoms with Gasteiger partial charge in [-0.25, -0.2) is 0 Å². The molecule has 0 aliphatic carbocycles. The lowest BCUT2D eigenvalue weighted by atomic mass is 9.92. The number of likely N-dealkylation sites (N-methyl/N-ethyl adjacent to an activating group) is 1. The van der Waals surface area contributed by atoms with Gasteiger partial charge in [0.05, 0.1) is 19.3 Å². The molecule has 7 heteroatoms. The molecule has 0 radical (unpaired) electrons. The van der Waals surface area contributed by atoms with E-state index in [1.165, 1.54) is 167 Å². The van der Waals surface area contributed by atoms with Gasteiger partial charge in [0.1, 0.15) is 0 Å². The highest BCUT2D eigenvalue weighted by Crippen LogP contribution is 2.23. The van der Waals surface area contributed by atoms with Crippen LogP contribution in [0.1, 0.15) is 240 Å². The van der Waals surface area contributed by atoms with Gasteiger partial charge in [0, 0.05) is 52.2 Å². The molecule has 1 heterocycles. The monoisotopic (exact) mass is 821 g/mol. The average Bonchev–Trinajstić information content (AvgIpc) is 3.22. The number of hydrogen-bond acceptors (Lipinski definition) is 7. The van der Waals surface area contributed by atoms with Gasteiger partial charge in [-0.15, -0.1) is 0 Å². The number of carbonyl (C=O) groups excluding carboxylic acids is 2. The van der Waals surface area contributed by atoms with Crippen LogP contribution in [0.4, 0.5) is 0 Å². The summed E-state index contributed by atoms with van der Waals surface area (Å²) in [6, 6.07) is 0. The molecule has 0 aromatic rings. The number of nitrogens with zero attached hydrogens (tertiary/aromatic N) is 2. The van der Waals surface area contributed by atoms with Gasteiger partial charge < -0.3 is 24.0 Å². The zero-order valence-electron chi connectivity index (χ0n) is 39.7. The first-order valence-corrected chi connectivity index (χ1v) is 25.7. The van der Waals surface area contributed by atoms with E-state index in [-0.39, 0.29) is 11.9 Å². The van der Waals surface area contributed by atoms with Crippen LogP contribution < -0.4 is 0 Å². The number of ether oxygens (including phenoxy) is 3. The molecule has 0 aromatic heterocycles. The van der Waals surface area contributed by atoms with E-state index >= 15 is 0 Å². The summed E-state index contributed by atoms with van der Waals surface area (Å²) in [7, 11) is 2.22. The molecule has 0 saturated carbocycles. The second-order valence-electron chi connectivity index (χ2n) is 18.3. The van der Waals surface area contributed by atoms with Gasteiger partial charge in [-0.1, -0.05) is 182 Å². The Morgan fingerprint density at radius 3 is 1.22 bits per heavy atom. The van der Waals surface area contributed by atoms with Crippen molar-refractivity contribution in [1.82, 2.24) is 9.80 Å². The molecule has 58 heavy (non-hydrogen) atoms. The predicted octanol–water partition coefficient (Wildman–Crippen LogP) is 13.9. The highest BCUT2D eigenvalue weighted by Gasteiger charge is 2.15. The summed E-state index contributed by atoms with van der Waals surface area (Å²) in [5, 5.41) is 0. The summed E-state index contributed by atoms with van der Waals surface area (Å²) in [6.07, 6.45) is 38.9. The number of hydrogen-bond donors (Lipinski definition) is 0. The van der Waals surface area contributed by atoms with Crippen LogP contribution in [-0.4, -0.2) is 87.4 Å². The number of carbonyl (C=O) groups is 2. The van der Waals surface area contributed by atoms with E-state index < -0.39 is 0 Å². The maximum atomic E-state index is 12.4. The van der Waals surface area contributed by atoms with Crippen LogP contribution >= 0.6 is 0 Å². The van der Waals surface area contributed by atoms with Gasteiger partial charge in [-0.05, 0) is 63.8 Å². The molecule has 0 N–H and O–H groups in total. The molecule has 0 unspecified atom stereocenters. The lowest BCUT2D eigenvalue weighted by Gasteiger charge is -2.32. The summed E-state index contributed by atoms with van der Waals surface area (Å²) in [5.41, 5.74) is 0. The minimum absolute atomic E-state index is 0.000484. The molecule has 7 nitrogen and oxygen atoms in total. The van der Waals surface area contributed by atoms with Crippen LogP contribution in [0.25, 0.3) is 0 Å². The zero-order valence-corrected chi connectivity index (χ0v) is 39.7. The molecule has 0 aromatic carbocycles. The molecule has 0 amide bonds. The normalized spacial score (nSPS) is 14.0. The quantitative estimate of drug-likeness (QED) is 0.0448. The van der Waals surface area contributed by atoms with Crippen molar-refractivity contribution in [3.63, 3.8) is 0 Å². The fourth-order valence-electron chi connectivity index (χ4n) is 8.69. The minimum atomic E-state index is 0.000484. The Labute approximate surface area is 361 Å². The van der Waals surface area contributed by atoms with E-state index in [0.717, 1.165) is 70.9 Å². The summed E-state index contributed by atoms with van der Waals surface area (Å²) < 4.78 is 17.9. The maximum absolute atomic E-state index is 12.4. The number of esters is 2. The van der Waals surface area contributed by atoms with Crippen LogP contribution in [0, 0.1) is 11.8 Å². The minimum Gasteiger partial charge on any atom is -0.466 e. The second-order valence-corrected chi connectivity index (χ2v) is 18.3. The first kappa shape index (κ1) is 54.8. The Bertz CT molecular complexity index is 818. The smallest absolute Gasteiger partial charge is 0.305 e. The van der Waals surface area contributed by atoms with Gasteiger partial charge >= 0.3 is 11.9 Å². The second kappa shape index (κ2) is 41.2. The topological polar surface area (TPSA) is 68.3 Å². The summed E-state index contributed by atoms with van der Waals surface area (Å²) in [6.45, 7) is 17.0. The Kier molecular flexibility index (Phi) is 38.9. The molecule has 1 aliphatic rings. The van der Waals surface area contributed by atoms with Crippen molar-refractivity contribution in [2.24, 2.45) is 11.8 Å². The van der Waals surface area contributed by atoms with E-state index in [0.29, 0.717) is 44.0 Å². The van der Waals surface area contributed by atoms with Crippen molar-refractivity contribution in [3.05, 3.63) is 0 Å². The largest absolute Gasteiger partial charge is 0.466 e. The number of piperazine rings is 1. The Hall–Kier alpha value is -1.18. The van der Waals surface area contributed by atoms with Crippen LogP contribution in [0.15, 0.2) is 0 Å². The Morgan fingerprint density at radius 2 is 0.810 bits per heavy atom. The van der Waals surface area contributed by atoms with Crippen LogP contribution in [0.5, 0.6) is 0 Å². The van der Waals surface area contributed by atoms with Gasteiger partial charge in [0.15, 0.2) is 0 Å². The molecule has 1 rings (SSSR count). The fraction of sp³-hybridized carbons (Fsp3) is 0.961. The first-order chi connectivity index (χ1) is 28.4. The van der Waals surface area contributed by atoms with Crippen molar-refractivity contribution < 1.29 is 23.8 Å². The lowest BCUT2D eigenvalue weighted by Crippen LogP contribution is -2.44. The van der Waals surface area contributed by atoms with Crippen LogP contribution in [-0.2, 0) is 23.8 Å². The van der Waals surface area contributed by atoms with Gasteiger partial charge in [-0.2, -0.15) is 0 Å². The number of unbranched alkanes of at least 4 members (excludes halogenated alkanes) is 16. The standard InChI is InChI=1S/C51H100N2O5/c1-6-10-20-29-47(30-21-11-7-2)37-45-57-50(54)35-26-18-14-16-24-33-49(56-44-28-39-53-42-40-52(5)41-43-53)34-25-17-15-19-27-36-51(55)58-46-38-48(31-22-12-8-3)32-23-13-9-4/h47-49H,6-46H2,1-5H3. The summed E-state index contributed by atoms with van der Waals surface area (Å²) in [5.74, 6) is 1.43. The molecule has 0 bridgehead atoms. The first-order valence-electron chi connectivity index (χ1n) is 25.7. The highest BCUT2D eigenvalue weighted by atomic mass is 16.5. The van der Waals surface area contributed by atoms with E-state index in [2.05, 4.69) is 44.5 Å². The molecular weight excluding hydrogens is 721 g/mol. The molecule has 1 aliphatic heterocycles. The van der Waals surface area contributed by atoms with Gasteiger partial charge in [0.2, 0.25) is 0 Å². The fourth-order valence-corrected chi connectivity index (χ4v) is 8.69. The molecule has 344 valence electrons. The molecule has 1 saturated heterocycles. The maximum Gasteiger partial charge on any atom is 0.305 e. The van der Waals surface area contributed by atoms with Gasteiger partial charge in [0.25, 0.3) is 0 Å². The molecular formula is C51H100N2O5. The van der Waals surface area contributed by atoms with Crippen molar-refractivity contribution in [2.75, 3.05) is 59.6 Å². The van der Waals surface area contributed by atoms with Crippen LogP contribution in [0.3, 0.4) is 0 Å². The number of rotatable bonds is 43. The average molecular weight is 821 g/mol. The van der Waals surface area contributed by atoms with E-state index in [9.17, 15) is 9.59 Å². The van der Waals surface area contributed by atoms with Crippen molar-refractivity contribution in [2.45, 2.75) is 246 Å². The third kappa shape index (κ3) is 34.5. The van der Waals surface area contributed by atoms with E-state index in [1.807, 2.05) is 0 Å². The summed E-state index contributed by atoms with van der Waals surface area (Å²) >= 11 is 0. The SMILES string of the molecule is CCCCCC(CCCCC)CCOC(=O)CCCCCCCC(CCCCCCCC(=O)OCCC(CCCCC)CCCCC)OCCCN1CCN(C)CC1. The molecule has 1 fully saturated rings. The summed E-state index contributed by atoms with van der Waals surface area (Å²) in [4.78, 5) is 29.9. The molecule has 0 atom stereocenters. The Balaban J connectivity index is 2.28. The lowest BCUT2D eigenvalue weighted by molar-refractivity contribution is -0.145. The van der Waals surface area contributed by atoms with Crippen LogP contribution in [0.2, 0.25) is 0 Å². The molecule has 0 spiro atoms. The van der Waals surface area contributed by atoms with Gasteiger partial charge in [-0.3, -0.25) is 9.59 Å². The third-order valence-corrected chi connectivity index (χ3v) is 12.8. The van der Waals surface area contributed by atoms with Crippen molar-refractivity contribution >= 4 is 11.9 Å². The zero-order chi connectivity index (χ0) is 42.2. The van der Waals surface area contributed by atoms with E-state index in [1.54, 1.807) is 0 Å². The third-order valence-electron chi connectivity index (χ3n) is 12.8. The predicted molar refractivity (Wildman–Crippen MR) is 248 cm³/mol. The van der Waals surface area contributed by atoms with Crippen molar-refractivity contribution in [3.8, 4) is 0 Å². The van der Waals surface area contributed by atoms with Crippen molar-refractivity contribution in [1.29, 1.82) is 0 Å². The Morgan fingerprint density at radius 1 is 0.431 bits per heavy atom. The highest BCUT2D eigenvalue weighted by molar-refractivity contribution is 5.69.